The second kappa shape index (κ2) is 7.46. The van der Waals surface area contributed by atoms with Crippen molar-refractivity contribution in [2.24, 2.45) is 0 Å². The number of fused-ring (bicyclic) bond motifs is 2. The monoisotopic (exact) mass is 396 g/mol. The predicted molar refractivity (Wildman–Crippen MR) is 102 cm³/mol. The van der Waals surface area contributed by atoms with Gasteiger partial charge in [-0.15, -0.1) is 0 Å². The first-order valence-electron chi connectivity index (χ1n) is 9.11. The van der Waals surface area contributed by atoms with E-state index in [1.54, 1.807) is 48.3 Å². The minimum absolute atomic E-state index is 0.129. The number of ether oxygens (including phenoxy) is 3. The summed E-state index contributed by atoms with van der Waals surface area (Å²) in [6.07, 6.45) is 0. The highest BCUT2D eigenvalue weighted by molar-refractivity contribution is 6.01. The molecule has 0 bridgehead atoms. The van der Waals surface area contributed by atoms with E-state index in [9.17, 15) is 14.4 Å². The first-order chi connectivity index (χ1) is 14.0. The van der Waals surface area contributed by atoms with Gasteiger partial charge in [0.1, 0.15) is 6.54 Å². The minimum atomic E-state index is -0.709. The summed E-state index contributed by atoms with van der Waals surface area (Å²) in [5.41, 5.74) is 1.81. The molecule has 150 valence electrons. The molecule has 0 aliphatic carbocycles. The lowest BCUT2D eigenvalue weighted by atomic mass is 9.79. The van der Waals surface area contributed by atoms with Crippen molar-refractivity contribution < 1.29 is 28.6 Å². The van der Waals surface area contributed by atoms with Gasteiger partial charge in [0, 0.05) is 12.6 Å². The summed E-state index contributed by atoms with van der Waals surface area (Å²) in [5.74, 6) is -0.628. The van der Waals surface area contributed by atoms with Crippen molar-refractivity contribution in [1.82, 2.24) is 10.2 Å². The molecular weight excluding hydrogens is 376 g/mol. The SMILES string of the molecule is COC(=O)CNC(=O)[C@H]1c2ccccc2C(=O)N(C)[C@H]1c1ccc2c(c1)OCO2. The molecule has 0 fully saturated rings. The van der Waals surface area contributed by atoms with Crippen molar-refractivity contribution in [2.45, 2.75) is 12.0 Å². The third-order valence-electron chi connectivity index (χ3n) is 5.23. The fourth-order valence-electron chi connectivity index (χ4n) is 3.81. The zero-order valence-corrected chi connectivity index (χ0v) is 16.0. The first-order valence-corrected chi connectivity index (χ1v) is 9.11. The molecule has 8 heteroatoms. The van der Waals surface area contributed by atoms with Gasteiger partial charge in [0.15, 0.2) is 11.5 Å². The predicted octanol–water partition coefficient (Wildman–Crippen LogP) is 1.61. The second-order valence-corrected chi connectivity index (χ2v) is 6.83. The number of esters is 1. The molecule has 0 aromatic heterocycles. The first kappa shape index (κ1) is 18.8. The summed E-state index contributed by atoms with van der Waals surface area (Å²) >= 11 is 0. The molecule has 2 aliphatic rings. The fraction of sp³-hybridized carbons (Fsp3) is 0.286. The van der Waals surface area contributed by atoms with Gasteiger partial charge in [0.2, 0.25) is 12.7 Å². The average Bonchev–Trinajstić information content (AvgIpc) is 3.22. The van der Waals surface area contributed by atoms with Crippen molar-refractivity contribution in [3.8, 4) is 11.5 Å². The number of benzene rings is 2. The number of hydrogen-bond donors (Lipinski definition) is 1. The lowest BCUT2D eigenvalue weighted by molar-refractivity contribution is -0.141. The van der Waals surface area contributed by atoms with Crippen LogP contribution >= 0.6 is 0 Å². The largest absolute Gasteiger partial charge is 0.468 e. The van der Waals surface area contributed by atoms with Gasteiger partial charge in [-0.05, 0) is 29.3 Å². The number of methoxy groups -OCH3 is 1. The number of carbonyl (C=O) groups excluding carboxylic acids is 3. The molecular formula is C21H20N2O6. The van der Waals surface area contributed by atoms with Gasteiger partial charge >= 0.3 is 5.97 Å². The Morgan fingerprint density at radius 3 is 2.72 bits per heavy atom. The molecule has 0 saturated heterocycles. The van der Waals surface area contributed by atoms with Crippen molar-refractivity contribution in [2.75, 3.05) is 27.5 Å². The second-order valence-electron chi connectivity index (χ2n) is 6.83. The third-order valence-corrected chi connectivity index (χ3v) is 5.23. The van der Waals surface area contributed by atoms with Gasteiger partial charge in [-0.2, -0.15) is 0 Å². The normalized spacial score (nSPS) is 19.5. The summed E-state index contributed by atoms with van der Waals surface area (Å²) in [4.78, 5) is 39.2. The quantitative estimate of drug-likeness (QED) is 0.790. The van der Waals surface area contributed by atoms with E-state index in [1.807, 2.05) is 6.07 Å². The molecule has 8 nitrogen and oxygen atoms in total. The number of amides is 2. The van der Waals surface area contributed by atoms with Crippen LogP contribution in [0, 0.1) is 0 Å². The molecule has 0 spiro atoms. The number of nitrogens with zero attached hydrogens (tertiary/aromatic N) is 1. The van der Waals surface area contributed by atoms with E-state index < -0.39 is 17.9 Å². The van der Waals surface area contributed by atoms with E-state index in [1.165, 1.54) is 7.11 Å². The minimum Gasteiger partial charge on any atom is -0.468 e. The van der Waals surface area contributed by atoms with Gasteiger partial charge in [0.05, 0.1) is 19.1 Å². The zero-order chi connectivity index (χ0) is 20.5. The summed E-state index contributed by atoms with van der Waals surface area (Å²) in [5, 5.41) is 2.62. The average molecular weight is 396 g/mol. The number of hydrogen-bond acceptors (Lipinski definition) is 6. The third kappa shape index (κ3) is 3.26. The van der Waals surface area contributed by atoms with E-state index in [2.05, 4.69) is 10.1 Å². The van der Waals surface area contributed by atoms with Crippen LogP contribution in [0.4, 0.5) is 0 Å². The summed E-state index contributed by atoms with van der Waals surface area (Å²) in [6.45, 7) is -0.121. The van der Waals surface area contributed by atoms with Gasteiger partial charge in [-0.25, -0.2) is 0 Å². The number of likely N-dealkylation sites (N-methyl/N-ethyl adjacent to an activating group) is 1. The molecule has 0 saturated carbocycles. The standard InChI is InChI=1S/C21H20N2O6/c1-23-19(12-7-8-15-16(9-12)29-11-28-15)18(20(25)22-10-17(24)27-2)13-5-3-4-6-14(13)21(23)26/h3-9,18-19H,10-11H2,1-2H3,(H,22,25)/t18-,19-/m0/s1. The number of carbonyl (C=O) groups is 3. The number of rotatable bonds is 4. The highest BCUT2D eigenvalue weighted by Gasteiger charge is 2.43. The smallest absolute Gasteiger partial charge is 0.325 e. The van der Waals surface area contributed by atoms with Gasteiger partial charge in [-0.3, -0.25) is 14.4 Å². The van der Waals surface area contributed by atoms with Crippen LogP contribution in [-0.2, 0) is 14.3 Å². The van der Waals surface area contributed by atoms with E-state index in [0.717, 1.165) is 5.56 Å². The van der Waals surface area contributed by atoms with Gasteiger partial charge in [0.25, 0.3) is 5.91 Å². The maximum Gasteiger partial charge on any atom is 0.325 e. The fourth-order valence-corrected chi connectivity index (χ4v) is 3.81. The Labute approximate surface area is 167 Å². The topological polar surface area (TPSA) is 94.2 Å². The molecule has 2 aromatic rings. The molecule has 4 rings (SSSR count). The Morgan fingerprint density at radius 1 is 1.17 bits per heavy atom. The van der Waals surface area contributed by atoms with Crippen LogP contribution in [0.25, 0.3) is 0 Å². The van der Waals surface area contributed by atoms with Crippen molar-refractivity contribution in [1.29, 1.82) is 0 Å². The zero-order valence-electron chi connectivity index (χ0n) is 16.0. The van der Waals surface area contributed by atoms with Crippen LogP contribution in [0.3, 0.4) is 0 Å². The number of nitrogens with one attached hydrogen (secondary N) is 1. The molecule has 0 radical (unpaired) electrons. The Kier molecular flexibility index (Phi) is 4.84. The van der Waals surface area contributed by atoms with Crippen LogP contribution in [0.2, 0.25) is 0 Å². The van der Waals surface area contributed by atoms with Gasteiger partial charge < -0.3 is 24.4 Å². The van der Waals surface area contributed by atoms with E-state index >= 15 is 0 Å². The maximum absolute atomic E-state index is 13.1. The molecule has 2 amide bonds. The van der Waals surface area contributed by atoms with E-state index in [-0.39, 0.29) is 25.2 Å². The van der Waals surface area contributed by atoms with Crippen LogP contribution < -0.4 is 14.8 Å². The van der Waals surface area contributed by atoms with E-state index in [4.69, 9.17) is 9.47 Å². The summed E-state index contributed by atoms with van der Waals surface area (Å²) in [7, 11) is 2.92. The highest BCUT2D eigenvalue weighted by Crippen LogP contribution is 2.44. The Balaban J connectivity index is 1.77. The Bertz CT molecular complexity index is 989. The maximum atomic E-state index is 13.1. The van der Waals surface area contributed by atoms with Crippen molar-refractivity contribution in [3.63, 3.8) is 0 Å². The van der Waals surface area contributed by atoms with Crippen LogP contribution in [-0.4, -0.2) is 50.2 Å². The molecule has 2 atom stereocenters. The molecule has 2 aliphatic heterocycles. The molecule has 2 heterocycles. The lowest BCUT2D eigenvalue weighted by Gasteiger charge is -2.39. The Hall–Kier alpha value is -3.55. The lowest BCUT2D eigenvalue weighted by Crippen LogP contribution is -2.46. The summed E-state index contributed by atoms with van der Waals surface area (Å²) < 4.78 is 15.4. The molecule has 2 aromatic carbocycles. The van der Waals surface area contributed by atoms with Crippen molar-refractivity contribution >= 4 is 17.8 Å². The molecule has 1 N–H and O–H groups in total. The van der Waals surface area contributed by atoms with Crippen LogP contribution in [0.5, 0.6) is 11.5 Å². The highest BCUT2D eigenvalue weighted by atomic mass is 16.7. The summed E-state index contributed by atoms with van der Waals surface area (Å²) in [6, 6.07) is 11.8. The van der Waals surface area contributed by atoms with E-state index in [0.29, 0.717) is 22.6 Å². The van der Waals surface area contributed by atoms with Crippen LogP contribution in [0.1, 0.15) is 33.4 Å². The Morgan fingerprint density at radius 2 is 1.93 bits per heavy atom. The molecule has 0 unspecified atom stereocenters. The van der Waals surface area contributed by atoms with Gasteiger partial charge in [-0.1, -0.05) is 24.3 Å². The van der Waals surface area contributed by atoms with Crippen LogP contribution in [0.15, 0.2) is 42.5 Å². The molecule has 29 heavy (non-hydrogen) atoms. The van der Waals surface area contributed by atoms with Crippen molar-refractivity contribution in [3.05, 3.63) is 59.2 Å².